The van der Waals surface area contributed by atoms with E-state index in [1.807, 2.05) is 32.0 Å². The van der Waals surface area contributed by atoms with E-state index in [1.165, 1.54) is 0 Å². The molecule has 3 rings (SSSR count). The van der Waals surface area contributed by atoms with E-state index in [9.17, 15) is 4.79 Å². The summed E-state index contributed by atoms with van der Waals surface area (Å²) >= 11 is 0. The van der Waals surface area contributed by atoms with Crippen LogP contribution < -0.4 is 9.47 Å². The van der Waals surface area contributed by atoms with Crippen molar-refractivity contribution in [2.45, 2.75) is 13.5 Å². The number of amides is 1. The Morgan fingerprint density at radius 2 is 1.92 bits per heavy atom. The molecule has 0 bridgehead atoms. The van der Waals surface area contributed by atoms with Crippen LogP contribution in [0.1, 0.15) is 21.6 Å². The van der Waals surface area contributed by atoms with Crippen molar-refractivity contribution < 1.29 is 14.3 Å². The van der Waals surface area contributed by atoms with Crippen LogP contribution in [0.25, 0.3) is 0 Å². The number of aromatic amines is 1. The molecule has 7 nitrogen and oxygen atoms in total. The van der Waals surface area contributed by atoms with E-state index in [1.54, 1.807) is 18.6 Å². The van der Waals surface area contributed by atoms with Gasteiger partial charge in [0.2, 0.25) is 0 Å². The van der Waals surface area contributed by atoms with E-state index in [2.05, 4.69) is 14.9 Å². The number of carbonyl (C=O) groups excluding carboxylic acids is 1. The number of imidazole rings is 1. The topological polar surface area (TPSA) is 70.7 Å². The van der Waals surface area contributed by atoms with Gasteiger partial charge in [-0.1, -0.05) is 0 Å². The first kappa shape index (κ1) is 17.3. The van der Waals surface area contributed by atoms with Crippen LogP contribution in [0.5, 0.6) is 11.5 Å². The lowest BCUT2D eigenvalue weighted by molar-refractivity contribution is 0.0728. The average molecular weight is 344 g/mol. The Hall–Kier alpha value is -2.54. The molecule has 1 amide bonds. The quantitative estimate of drug-likeness (QED) is 0.864. The Labute approximate surface area is 147 Å². The maximum Gasteiger partial charge on any atom is 0.254 e. The Balaban J connectivity index is 1.85. The minimum Gasteiger partial charge on any atom is -0.486 e. The summed E-state index contributed by atoms with van der Waals surface area (Å²) in [6.45, 7) is 4.85. The van der Waals surface area contributed by atoms with Gasteiger partial charge < -0.3 is 24.3 Å². The summed E-state index contributed by atoms with van der Waals surface area (Å²) in [6, 6.07) is 3.67. The Morgan fingerprint density at radius 3 is 2.56 bits per heavy atom. The van der Waals surface area contributed by atoms with E-state index in [4.69, 9.17) is 9.47 Å². The molecule has 0 fully saturated rings. The van der Waals surface area contributed by atoms with Crippen LogP contribution >= 0.6 is 0 Å². The van der Waals surface area contributed by atoms with E-state index >= 15 is 0 Å². The zero-order valence-electron chi connectivity index (χ0n) is 14.9. The standard InChI is InChI=1S/C18H24N4O3/c1-13-8-16-17(25-7-6-24-16)9-15(13)18(23)22(5-4-21(2)3)11-14-10-19-12-20-14/h8-10,12H,4-7,11H2,1-3H3,(H,19,20). The molecule has 1 N–H and O–H groups in total. The molecule has 0 unspecified atom stereocenters. The number of aromatic nitrogens is 2. The fourth-order valence-electron chi connectivity index (χ4n) is 2.74. The van der Waals surface area contributed by atoms with Crippen LogP contribution in [-0.4, -0.2) is 66.1 Å². The van der Waals surface area contributed by atoms with Gasteiger partial charge in [0.15, 0.2) is 11.5 Å². The first-order chi connectivity index (χ1) is 12.0. The number of H-pyrrole nitrogens is 1. The second-order valence-electron chi connectivity index (χ2n) is 6.42. The highest BCUT2D eigenvalue weighted by Gasteiger charge is 2.22. The van der Waals surface area contributed by atoms with Crippen LogP contribution in [0.2, 0.25) is 0 Å². The maximum absolute atomic E-state index is 13.2. The van der Waals surface area contributed by atoms with Crippen LogP contribution in [-0.2, 0) is 6.54 Å². The molecule has 1 aliphatic rings. The second kappa shape index (κ2) is 7.57. The highest BCUT2D eigenvalue weighted by molar-refractivity contribution is 5.96. The van der Waals surface area contributed by atoms with Crippen molar-refractivity contribution in [2.75, 3.05) is 40.4 Å². The normalized spacial score (nSPS) is 13.1. The summed E-state index contributed by atoms with van der Waals surface area (Å²) in [5.41, 5.74) is 2.43. The summed E-state index contributed by atoms with van der Waals surface area (Å²) < 4.78 is 11.2. The Kier molecular flexibility index (Phi) is 5.23. The zero-order chi connectivity index (χ0) is 17.8. The van der Waals surface area contributed by atoms with Gasteiger partial charge in [0, 0.05) is 24.8 Å². The summed E-state index contributed by atoms with van der Waals surface area (Å²) in [6.07, 6.45) is 3.37. The molecular formula is C18H24N4O3. The second-order valence-corrected chi connectivity index (χ2v) is 6.42. The fraction of sp³-hybridized carbons (Fsp3) is 0.444. The molecule has 0 saturated heterocycles. The van der Waals surface area contributed by atoms with E-state index < -0.39 is 0 Å². The van der Waals surface area contributed by atoms with Crippen LogP contribution in [0, 0.1) is 6.92 Å². The molecule has 2 heterocycles. The monoisotopic (exact) mass is 344 g/mol. The van der Waals surface area contributed by atoms with Gasteiger partial charge in [0.05, 0.1) is 18.6 Å². The average Bonchev–Trinajstić information content (AvgIpc) is 3.10. The zero-order valence-corrected chi connectivity index (χ0v) is 14.9. The first-order valence-electron chi connectivity index (χ1n) is 8.36. The van der Waals surface area contributed by atoms with Gasteiger partial charge in [-0.3, -0.25) is 4.79 Å². The molecule has 134 valence electrons. The Bertz CT molecular complexity index is 728. The number of likely N-dealkylation sites (N-methyl/N-ethyl adjacent to an activating group) is 1. The van der Waals surface area contributed by atoms with Crippen molar-refractivity contribution in [3.05, 3.63) is 41.5 Å². The number of nitrogens with one attached hydrogen (secondary N) is 1. The minimum atomic E-state index is -0.0223. The lowest BCUT2D eigenvalue weighted by Crippen LogP contribution is -2.36. The highest BCUT2D eigenvalue weighted by Crippen LogP contribution is 2.33. The number of benzene rings is 1. The van der Waals surface area contributed by atoms with Crippen molar-refractivity contribution in [2.24, 2.45) is 0 Å². The number of ether oxygens (including phenoxy) is 2. The third-order valence-electron chi connectivity index (χ3n) is 4.14. The molecule has 0 radical (unpaired) electrons. The number of hydrogen-bond acceptors (Lipinski definition) is 5. The van der Waals surface area contributed by atoms with Crippen molar-refractivity contribution in [1.82, 2.24) is 19.8 Å². The van der Waals surface area contributed by atoms with Crippen molar-refractivity contribution in [3.63, 3.8) is 0 Å². The third kappa shape index (κ3) is 4.11. The van der Waals surface area contributed by atoms with Crippen LogP contribution in [0.15, 0.2) is 24.7 Å². The molecule has 0 spiro atoms. The third-order valence-corrected chi connectivity index (χ3v) is 4.14. The minimum absolute atomic E-state index is 0.0223. The molecular weight excluding hydrogens is 320 g/mol. The highest BCUT2D eigenvalue weighted by atomic mass is 16.6. The van der Waals surface area contributed by atoms with E-state index in [-0.39, 0.29) is 5.91 Å². The number of hydrogen-bond donors (Lipinski definition) is 1. The first-order valence-corrected chi connectivity index (χ1v) is 8.36. The molecule has 0 atom stereocenters. The van der Waals surface area contributed by atoms with Crippen molar-refractivity contribution in [3.8, 4) is 11.5 Å². The predicted octanol–water partition coefficient (Wildman–Crippen LogP) is 1.69. The predicted molar refractivity (Wildman–Crippen MR) is 94.1 cm³/mol. The van der Waals surface area contributed by atoms with Crippen molar-refractivity contribution in [1.29, 1.82) is 0 Å². The largest absolute Gasteiger partial charge is 0.486 e. The fourth-order valence-corrected chi connectivity index (χ4v) is 2.74. The van der Waals surface area contributed by atoms with Gasteiger partial charge in [-0.15, -0.1) is 0 Å². The SMILES string of the molecule is Cc1cc2c(cc1C(=O)N(CCN(C)C)Cc1cnc[nH]1)OCCO2. The molecule has 0 aliphatic carbocycles. The molecule has 0 saturated carbocycles. The number of aryl methyl sites for hydroxylation is 1. The molecule has 1 aliphatic heterocycles. The summed E-state index contributed by atoms with van der Waals surface area (Å²) in [5.74, 6) is 1.31. The summed E-state index contributed by atoms with van der Waals surface area (Å²) in [5, 5.41) is 0. The van der Waals surface area contributed by atoms with E-state index in [0.29, 0.717) is 43.4 Å². The van der Waals surface area contributed by atoms with Gasteiger partial charge >= 0.3 is 0 Å². The van der Waals surface area contributed by atoms with Gasteiger partial charge in [-0.2, -0.15) is 0 Å². The molecule has 2 aromatic rings. The van der Waals surface area contributed by atoms with E-state index in [0.717, 1.165) is 17.8 Å². The molecule has 25 heavy (non-hydrogen) atoms. The summed E-state index contributed by atoms with van der Waals surface area (Å²) in [4.78, 5) is 24.2. The smallest absolute Gasteiger partial charge is 0.254 e. The Morgan fingerprint density at radius 1 is 1.20 bits per heavy atom. The van der Waals surface area contributed by atoms with Gasteiger partial charge in [-0.25, -0.2) is 4.98 Å². The lowest BCUT2D eigenvalue weighted by Gasteiger charge is -2.26. The number of nitrogens with zero attached hydrogens (tertiary/aromatic N) is 3. The van der Waals surface area contributed by atoms with Gasteiger partial charge in [-0.05, 0) is 38.7 Å². The number of rotatable bonds is 6. The van der Waals surface area contributed by atoms with Crippen LogP contribution in [0.3, 0.4) is 0 Å². The molecule has 1 aromatic carbocycles. The van der Waals surface area contributed by atoms with Gasteiger partial charge in [0.1, 0.15) is 13.2 Å². The summed E-state index contributed by atoms with van der Waals surface area (Å²) in [7, 11) is 3.99. The lowest BCUT2D eigenvalue weighted by atomic mass is 10.1. The van der Waals surface area contributed by atoms with Gasteiger partial charge in [0.25, 0.3) is 5.91 Å². The number of fused-ring (bicyclic) bond motifs is 1. The molecule has 1 aromatic heterocycles. The molecule has 7 heteroatoms. The van der Waals surface area contributed by atoms with Crippen molar-refractivity contribution >= 4 is 5.91 Å². The number of carbonyl (C=O) groups is 1. The maximum atomic E-state index is 13.2. The van der Waals surface area contributed by atoms with Crippen LogP contribution in [0.4, 0.5) is 0 Å².